The van der Waals surface area contributed by atoms with Crippen LogP contribution < -0.4 is 5.73 Å². The second kappa shape index (κ2) is 2.64. The zero-order valence-corrected chi connectivity index (χ0v) is 7.78. The fourth-order valence-electron chi connectivity index (χ4n) is 1.45. The van der Waals surface area contributed by atoms with E-state index < -0.39 is 23.7 Å². The number of halogens is 4. The minimum absolute atomic E-state index is 0.0239. The van der Waals surface area contributed by atoms with E-state index in [4.69, 9.17) is 17.3 Å². The normalized spacial score (nSPS) is 28.9. The van der Waals surface area contributed by atoms with Gasteiger partial charge in [-0.15, -0.1) is 0 Å². The van der Waals surface area contributed by atoms with Crippen LogP contribution >= 0.6 is 11.6 Å². The van der Waals surface area contributed by atoms with Crippen LogP contribution in [-0.2, 0) is 5.54 Å². The molecule has 2 rings (SSSR count). The van der Waals surface area contributed by atoms with Crippen LogP contribution in [0.3, 0.4) is 0 Å². The summed E-state index contributed by atoms with van der Waals surface area (Å²) < 4.78 is 38.7. The largest absolute Gasteiger partial charge is 0.316 e. The molecular weight excluding hydrogens is 215 g/mol. The molecule has 5 heteroatoms. The van der Waals surface area contributed by atoms with Crippen molar-refractivity contribution >= 4 is 11.6 Å². The fraction of sp³-hybridized carbons (Fsp3) is 0.333. The number of benzene rings is 1. The molecule has 1 atom stereocenters. The molecule has 1 fully saturated rings. The highest BCUT2D eigenvalue weighted by molar-refractivity contribution is 6.31. The maximum Gasteiger partial charge on any atom is 0.272 e. The first kappa shape index (κ1) is 9.80. The third kappa shape index (κ3) is 1.14. The summed E-state index contributed by atoms with van der Waals surface area (Å²) in [6, 6.07) is 3.75. The highest BCUT2D eigenvalue weighted by Crippen LogP contribution is 2.58. The zero-order chi connectivity index (χ0) is 10.6. The minimum atomic E-state index is -2.98. The third-order valence-electron chi connectivity index (χ3n) is 2.46. The maximum atomic E-state index is 13.0. The minimum Gasteiger partial charge on any atom is -0.316 e. The van der Waals surface area contributed by atoms with Gasteiger partial charge in [0.05, 0.1) is 5.02 Å². The molecule has 1 unspecified atom stereocenters. The maximum absolute atomic E-state index is 13.0. The lowest BCUT2D eigenvalue weighted by atomic mass is 10.1. The monoisotopic (exact) mass is 221 g/mol. The van der Waals surface area contributed by atoms with E-state index >= 15 is 0 Å². The van der Waals surface area contributed by atoms with Gasteiger partial charge in [-0.25, -0.2) is 13.2 Å². The summed E-state index contributed by atoms with van der Waals surface area (Å²) in [4.78, 5) is 0. The Bertz CT molecular complexity index is 394. The summed E-state index contributed by atoms with van der Waals surface area (Å²) in [5, 5.41) is -0.313. The van der Waals surface area contributed by atoms with E-state index in [1.54, 1.807) is 0 Å². The highest BCUT2D eigenvalue weighted by Gasteiger charge is 2.70. The van der Waals surface area contributed by atoms with Gasteiger partial charge in [0.1, 0.15) is 11.4 Å². The van der Waals surface area contributed by atoms with E-state index in [9.17, 15) is 13.2 Å². The standard InChI is InChI=1S/C9H7ClF3N/c10-7-5(2-1-3-6(7)11)8(14)4-9(8,12)13/h1-3H,4,14H2. The molecule has 0 radical (unpaired) electrons. The molecule has 14 heavy (non-hydrogen) atoms. The molecule has 1 saturated carbocycles. The summed E-state index contributed by atoms with van der Waals surface area (Å²) in [5.41, 5.74) is 3.60. The summed E-state index contributed by atoms with van der Waals surface area (Å²) in [7, 11) is 0. The van der Waals surface area contributed by atoms with Crippen LogP contribution in [0.4, 0.5) is 13.2 Å². The summed E-state index contributed by atoms with van der Waals surface area (Å²) in [6.07, 6.45) is -0.483. The Balaban J connectivity index is 2.49. The molecule has 0 heterocycles. The van der Waals surface area contributed by atoms with E-state index in [0.717, 1.165) is 6.07 Å². The van der Waals surface area contributed by atoms with Gasteiger partial charge >= 0.3 is 0 Å². The summed E-state index contributed by atoms with van der Waals surface area (Å²) >= 11 is 5.56. The third-order valence-corrected chi connectivity index (χ3v) is 2.84. The van der Waals surface area contributed by atoms with Crippen molar-refractivity contribution in [1.29, 1.82) is 0 Å². The number of rotatable bonds is 1. The van der Waals surface area contributed by atoms with Crippen LogP contribution in [-0.4, -0.2) is 5.92 Å². The highest BCUT2D eigenvalue weighted by atomic mass is 35.5. The molecule has 1 aromatic carbocycles. The van der Waals surface area contributed by atoms with Crippen molar-refractivity contribution in [1.82, 2.24) is 0 Å². The molecule has 0 bridgehead atoms. The van der Waals surface area contributed by atoms with Gasteiger partial charge in [0.15, 0.2) is 0 Å². The van der Waals surface area contributed by atoms with Crippen LogP contribution in [0.1, 0.15) is 12.0 Å². The first-order valence-corrected chi connectivity index (χ1v) is 4.37. The molecule has 1 nitrogen and oxygen atoms in total. The van der Waals surface area contributed by atoms with Crippen molar-refractivity contribution < 1.29 is 13.2 Å². The average Bonchev–Trinajstić information content (AvgIpc) is 2.58. The first-order valence-electron chi connectivity index (χ1n) is 4.00. The first-order chi connectivity index (χ1) is 6.38. The second-order valence-corrected chi connectivity index (χ2v) is 3.83. The van der Waals surface area contributed by atoms with Crippen molar-refractivity contribution in [2.45, 2.75) is 17.9 Å². The van der Waals surface area contributed by atoms with Crippen molar-refractivity contribution in [3.05, 3.63) is 34.6 Å². The Morgan fingerprint density at radius 3 is 2.43 bits per heavy atom. The molecule has 1 aliphatic carbocycles. The quantitative estimate of drug-likeness (QED) is 0.775. The molecule has 1 aliphatic rings. The molecular formula is C9H7ClF3N. The van der Waals surface area contributed by atoms with Gasteiger partial charge in [0.25, 0.3) is 5.92 Å². The fourth-order valence-corrected chi connectivity index (χ4v) is 1.74. The van der Waals surface area contributed by atoms with E-state index in [1.165, 1.54) is 12.1 Å². The molecule has 0 aromatic heterocycles. The second-order valence-electron chi connectivity index (χ2n) is 3.45. The van der Waals surface area contributed by atoms with Gasteiger partial charge in [-0.05, 0) is 11.6 Å². The Morgan fingerprint density at radius 2 is 1.93 bits per heavy atom. The van der Waals surface area contributed by atoms with Crippen molar-refractivity contribution in [2.24, 2.45) is 5.73 Å². The Hall–Kier alpha value is -0.740. The van der Waals surface area contributed by atoms with Crippen molar-refractivity contribution in [3.8, 4) is 0 Å². The summed E-state index contributed by atoms with van der Waals surface area (Å²) in [5.74, 6) is -3.71. The Labute approximate surface area is 83.7 Å². The van der Waals surface area contributed by atoms with Gasteiger partial charge in [-0.3, -0.25) is 0 Å². The molecule has 2 N–H and O–H groups in total. The van der Waals surface area contributed by atoms with Crippen LogP contribution in [0.2, 0.25) is 5.02 Å². The molecule has 0 aliphatic heterocycles. The predicted octanol–water partition coefficient (Wildman–Crippen LogP) is 2.67. The van der Waals surface area contributed by atoms with E-state index in [2.05, 4.69) is 0 Å². The lowest BCUT2D eigenvalue weighted by Gasteiger charge is -2.12. The van der Waals surface area contributed by atoms with E-state index in [1.807, 2.05) is 0 Å². The van der Waals surface area contributed by atoms with Gasteiger partial charge in [0, 0.05) is 6.42 Å². The lowest BCUT2D eigenvalue weighted by molar-refractivity contribution is 0.0891. The van der Waals surface area contributed by atoms with Gasteiger partial charge < -0.3 is 5.73 Å². The van der Waals surface area contributed by atoms with Crippen molar-refractivity contribution in [2.75, 3.05) is 0 Å². The molecule has 0 saturated heterocycles. The predicted molar refractivity (Wildman–Crippen MR) is 46.8 cm³/mol. The zero-order valence-electron chi connectivity index (χ0n) is 7.03. The van der Waals surface area contributed by atoms with Crippen LogP contribution in [0.5, 0.6) is 0 Å². The Kier molecular flexibility index (Phi) is 1.85. The topological polar surface area (TPSA) is 26.0 Å². The van der Waals surface area contributed by atoms with Crippen LogP contribution in [0.15, 0.2) is 18.2 Å². The molecule has 0 amide bonds. The SMILES string of the molecule is NC1(c2cccc(F)c2Cl)CC1(F)F. The van der Waals surface area contributed by atoms with Gasteiger partial charge in [-0.1, -0.05) is 23.7 Å². The number of alkyl halides is 2. The van der Waals surface area contributed by atoms with Gasteiger partial charge in [0.2, 0.25) is 0 Å². The lowest BCUT2D eigenvalue weighted by Crippen LogP contribution is -2.27. The number of hydrogen-bond acceptors (Lipinski definition) is 1. The van der Waals surface area contributed by atoms with Crippen molar-refractivity contribution in [3.63, 3.8) is 0 Å². The van der Waals surface area contributed by atoms with Gasteiger partial charge in [-0.2, -0.15) is 0 Å². The molecule has 76 valence electrons. The van der Waals surface area contributed by atoms with Crippen LogP contribution in [0.25, 0.3) is 0 Å². The molecule has 1 aromatic rings. The van der Waals surface area contributed by atoms with E-state index in [-0.39, 0.29) is 10.6 Å². The van der Waals surface area contributed by atoms with Crippen LogP contribution in [0, 0.1) is 5.82 Å². The van der Waals surface area contributed by atoms with E-state index in [0.29, 0.717) is 0 Å². The average molecular weight is 222 g/mol. The summed E-state index contributed by atoms with van der Waals surface area (Å²) in [6.45, 7) is 0. The molecule has 0 spiro atoms. The number of nitrogens with two attached hydrogens (primary N) is 1. The Morgan fingerprint density at radius 1 is 1.36 bits per heavy atom. The smallest absolute Gasteiger partial charge is 0.272 e. The number of hydrogen-bond donors (Lipinski definition) is 1.